The van der Waals surface area contributed by atoms with E-state index in [0.717, 1.165) is 29.9 Å². The fourth-order valence-corrected chi connectivity index (χ4v) is 5.65. The van der Waals surface area contributed by atoms with Crippen molar-refractivity contribution in [1.29, 1.82) is 0 Å². The van der Waals surface area contributed by atoms with E-state index in [1.54, 1.807) is 12.1 Å². The summed E-state index contributed by atoms with van der Waals surface area (Å²) in [6, 6.07) is 13.2. The molecule has 1 aromatic heterocycles. The van der Waals surface area contributed by atoms with Gasteiger partial charge in [0.2, 0.25) is 15.9 Å². The molecule has 0 radical (unpaired) electrons. The van der Waals surface area contributed by atoms with E-state index in [2.05, 4.69) is 16.8 Å². The number of aryl methyl sites for hydroxylation is 3. The number of amides is 1. The highest BCUT2D eigenvalue weighted by molar-refractivity contribution is 7.89. The Balaban J connectivity index is 1.79. The molecule has 0 aliphatic heterocycles. The summed E-state index contributed by atoms with van der Waals surface area (Å²) in [5, 5.41) is 3.06. The maximum atomic E-state index is 12.9. The second-order valence-electron chi connectivity index (χ2n) is 8.62. The van der Waals surface area contributed by atoms with E-state index in [-0.39, 0.29) is 16.8 Å². The summed E-state index contributed by atoms with van der Waals surface area (Å²) in [7, 11) is -3.56. The van der Waals surface area contributed by atoms with Gasteiger partial charge in [-0.1, -0.05) is 50.6 Å². The molecule has 1 N–H and O–H groups in total. The lowest BCUT2D eigenvalue weighted by Gasteiger charge is -2.18. The molecule has 1 unspecified atom stereocenters. The molecule has 0 bridgehead atoms. The molecule has 34 heavy (non-hydrogen) atoms. The zero-order valence-electron chi connectivity index (χ0n) is 20.8. The van der Waals surface area contributed by atoms with Crippen LogP contribution in [0.4, 0.5) is 0 Å². The number of benzene rings is 2. The number of hydrogen-bond acceptors (Lipinski definition) is 4. The van der Waals surface area contributed by atoms with Gasteiger partial charge in [0.1, 0.15) is 5.82 Å². The Kier molecular flexibility index (Phi) is 8.49. The molecule has 3 rings (SSSR count). The number of nitrogens with zero attached hydrogens (tertiary/aromatic N) is 3. The zero-order valence-corrected chi connectivity index (χ0v) is 21.7. The molecule has 2 aromatic carbocycles. The van der Waals surface area contributed by atoms with Crippen LogP contribution < -0.4 is 5.32 Å². The number of aromatic nitrogens is 2. The fourth-order valence-electron chi connectivity index (χ4n) is 4.17. The molecule has 7 nitrogen and oxygen atoms in total. The predicted molar refractivity (Wildman–Crippen MR) is 136 cm³/mol. The number of carbonyl (C=O) groups is 1. The van der Waals surface area contributed by atoms with Gasteiger partial charge in [-0.15, -0.1) is 0 Å². The van der Waals surface area contributed by atoms with E-state index in [1.165, 1.54) is 9.87 Å². The van der Waals surface area contributed by atoms with E-state index < -0.39 is 10.0 Å². The van der Waals surface area contributed by atoms with E-state index in [1.807, 2.05) is 58.0 Å². The van der Waals surface area contributed by atoms with Gasteiger partial charge >= 0.3 is 0 Å². The fraction of sp³-hybridized carbons (Fsp3) is 0.462. The van der Waals surface area contributed by atoms with Crippen LogP contribution in [-0.2, 0) is 27.8 Å². The Morgan fingerprint density at radius 2 is 1.76 bits per heavy atom. The number of hydrogen-bond donors (Lipinski definition) is 1. The summed E-state index contributed by atoms with van der Waals surface area (Å²) >= 11 is 0. The molecule has 0 aliphatic rings. The first-order valence-electron chi connectivity index (χ1n) is 12.1. The first-order valence-corrected chi connectivity index (χ1v) is 13.5. The number of rotatable bonds is 11. The highest BCUT2D eigenvalue weighted by Gasteiger charge is 2.23. The second kappa shape index (κ2) is 11.1. The SMILES string of the molecule is CCCn1c(CCC(=O)NC(C)c2ccc(C)cc2)nc2cc(S(=O)(=O)N(CC)CC)ccc21. The normalized spacial score (nSPS) is 12.9. The molecule has 0 spiro atoms. The summed E-state index contributed by atoms with van der Waals surface area (Å²) in [6.07, 6.45) is 1.71. The van der Waals surface area contributed by atoms with Crippen LogP contribution in [-0.4, -0.2) is 41.3 Å². The number of imidazole rings is 1. The van der Waals surface area contributed by atoms with Crippen molar-refractivity contribution >= 4 is 27.0 Å². The third kappa shape index (κ3) is 5.67. The third-order valence-corrected chi connectivity index (χ3v) is 8.17. The molecular weight excluding hydrogens is 448 g/mol. The average Bonchev–Trinajstić information content (AvgIpc) is 3.15. The smallest absolute Gasteiger partial charge is 0.243 e. The van der Waals surface area contributed by atoms with Crippen molar-refractivity contribution < 1.29 is 13.2 Å². The van der Waals surface area contributed by atoms with Gasteiger partial charge in [-0.05, 0) is 44.0 Å². The van der Waals surface area contributed by atoms with Crippen LogP contribution in [0.25, 0.3) is 11.0 Å². The third-order valence-electron chi connectivity index (χ3n) is 6.12. The highest BCUT2D eigenvalue weighted by Crippen LogP contribution is 2.24. The molecule has 0 saturated heterocycles. The molecule has 3 aromatic rings. The topological polar surface area (TPSA) is 84.3 Å². The van der Waals surface area contributed by atoms with Crippen molar-refractivity contribution in [2.75, 3.05) is 13.1 Å². The van der Waals surface area contributed by atoms with Crippen LogP contribution in [0.3, 0.4) is 0 Å². The molecule has 0 fully saturated rings. The van der Waals surface area contributed by atoms with Crippen molar-refractivity contribution in [3.8, 4) is 0 Å². The van der Waals surface area contributed by atoms with Gasteiger partial charge in [0.15, 0.2) is 0 Å². The lowest BCUT2D eigenvalue weighted by Crippen LogP contribution is -2.30. The van der Waals surface area contributed by atoms with Gasteiger partial charge in [-0.3, -0.25) is 4.79 Å². The minimum Gasteiger partial charge on any atom is -0.350 e. The summed E-state index contributed by atoms with van der Waals surface area (Å²) in [6.45, 7) is 11.4. The standard InChI is InChI=1S/C26H36N4O3S/c1-6-17-30-24-14-13-22(34(32,33)29(7-2)8-3)18-23(24)28-25(30)15-16-26(31)27-20(5)21-11-9-19(4)10-12-21/h9-14,18,20H,6-8,15-17H2,1-5H3,(H,27,31). The minimum atomic E-state index is -3.56. The summed E-state index contributed by atoms with van der Waals surface area (Å²) < 4.78 is 29.4. The van der Waals surface area contributed by atoms with Crippen LogP contribution >= 0.6 is 0 Å². The van der Waals surface area contributed by atoms with Crippen molar-refractivity contribution in [3.63, 3.8) is 0 Å². The Bertz CT molecular complexity index is 1230. The summed E-state index contributed by atoms with van der Waals surface area (Å²) in [4.78, 5) is 17.6. The number of sulfonamides is 1. The Hall–Kier alpha value is -2.71. The Morgan fingerprint density at radius 1 is 1.09 bits per heavy atom. The summed E-state index contributed by atoms with van der Waals surface area (Å²) in [5.41, 5.74) is 3.79. The maximum absolute atomic E-state index is 12.9. The van der Waals surface area contributed by atoms with E-state index >= 15 is 0 Å². The zero-order chi connectivity index (χ0) is 24.9. The van der Waals surface area contributed by atoms with Crippen molar-refractivity contribution in [2.24, 2.45) is 0 Å². The van der Waals surface area contributed by atoms with E-state index in [0.29, 0.717) is 31.4 Å². The lowest BCUT2D eigenvalue weighted by atomic mass is 10.1. The number of fused-ring (bicyclic) bond motifs is 1. The monoisotopic (exact) mass is 484 g/mol. The molecule has 1 amide bonds. The highest BCUT2D eigenvalue weighted by atomic mass is 32.2. The number of nitrogens with one attached hydrogen (secondary N) is 1. The van der Waals surface area contributed by atoms with Crippen molar-refractivity contribution in [3.05, 3.63) is 59.4 Å². The molecule has 0 saturated carbocycles. The molecule has 184 valence electrons. The van der Waals surface area contributed by atoms with Crippen LogP contribution in [0.2, 0.25) is 0 Å². The Labute approximate surface area is 203 Å². The van der Waals surface area contributed by atoms with Gasteiger partial charge in [-0.2, -0.15) is 4.31 Å². The van der Waals surface area contributed by atoms with Gasteiger partial charge in [0.05, 0.1) is 22.0 Å². The van der Waals surface area contributed by atoms with Crippen LogP contribution in [0.1, 0.15) is 63.5 Å². The lowest BCUT2D eigenvalue weighted by molar-refractivity contribution is -0.121. The first kappa shape index (κ1) is 25.9. The Morgan fingerprint density at radius 3 is 2.38 bits per heavy atom. The van der Waals surface area contributed by atoms with Crippen molar-refractivity contribution in [2.45, 2.75) is 71.4 Å². The van der Waals surface area contributed by atoms with Gasteiger partial charge in [0, 0.05) is 32.5 Å². The predicted octanol–water partition coefficient (Wildman–Crippen LogP) is 4.60. The molecule has 8 heteroatoms. The maximum Gasteiger partial charge on any atom is 0.243 e. The quantitative estimate of drug-likeness (QED) is 0.431. The van der Waals surface area contributed by atoms with Gasteiger partial charge in [-0.25, -0.2) is 13.4 Å². The minimum absolute atomic E-state index is 0.0343. The molecular formula is C26H36N4O3S. The molecule has 0 aliphatic carbocycles. The molecule has 1 atom stereocenters. The first-order chi connectivity index (χ1) is 16.2. The van der Waals surface area contributed by atoms with Gasteiger partial charge < -0.3 is 9.88 Å². The second-order valence-corrected chi connectivity index (χ2v) is 10.6. The van der Waals surface area contributed by atoms with E-state index in [4.69, 9.17) is 4.98 Å². The van der Waals surface area contributed by atoms with Gasteiger partial charge in [0.25, 0.3) is 0 Å². The van der Waals surface area contributed by atoms with Crippen LogP contribution in [0, 0.1) is 6.92 Å². The summed E-state index contributed by atoms with van der Waals surface area (Å²) in [5.74, 6) is 0.764. The van der Waals surface area contributed by atoms with E-state index in [9.17, 15) is 13.2 Å². The van der Waals surface area contributed by atoms with Crippen LogP contribution in [0.15, 0.2) is 47.4 Å². The number of carbonyl (C=O) groups excluding carboxylic acids is 1. The molecule has 1 heterocycles. The largest absolute Gasteiger partial charge is 0.350 e. The van der Waals surface area contributed by atoms with Crippen LogP contribution in [0.5, 0.6) is 0 Å². The average molecular weight is 485 g/mol. The van der Waals surface area contributed by atoms with Crippen molar-refractivity contribution in [1.82, 2.24) is 19.2 Å².